The van der Waals surface area contributed by atoms with Gasteiger partial charge in [-0.1, -0.05) is 12.8 Å². The molecule has 2 amide bonds. The van der Waals surface area contributed by atoms with E-state index in [0.29, 0.717) is 18.1 Å². The van der Waals surface area contributed by atoms with E-state index in [0.717, 1.165) is 30.9 Å². The molecule has 3 aliphatic rings. The Hall–Kier alpha value is -1.56. The van der Waals surface area contributed by atoms with Gasteiger partial charge < -0.3 is 4.90 Å². The van der Waals surface area contributed by atoms with Crippen molar-refractivity contribution in [2.45, 2.75) is 70.0 Å². The molecule has 24 heavy (non-hydrogen) atoms. The van der Waals surface area contributed by atoms with Gasteiger partial charge in [0.25, 0.3) is 0 Å². The first-order chi connectivity index (χ1) is 11.6. The van der Waals surface area contributed by atoms with Crippen LogP contribution in [0.25, 0.3) is 0 Å². The van der Waals surface area contributed by atoms with Crippen molar-refractivity contribution in [3.63, 3.8) is 0 Å². The van der Waals surface area contributed by atoms with E-state index in [-0.39, 0.29) is 6.03 Å². The summed E-state index contributed by atoms with van der Waals surface area (Å²) in [6, 6.07) is 1.65. The number of fused-ring (bicyclic) bond motifs is 2. The van der Waals surface area contributed by atoms with Crippen molar-refractivity contribution < 1.29 is 4.79 Å². The first kappa shape index (κ1) is 15.9. The van der Waals surface area contributed by atoms with Gasteiger partial charge in [-0.3, -0.25) is 10.2 Å². The summed E-state index contributed by atoms with van der Waals surface area (Å²) in [5.74, 6) is 0.898. The number of carbonyl (C=O) groups excluding carboxylic acids is 1. The lowest BCUT2D eigenvalue weighted by molar-refractivity contribution is 0.200. The fraction of sp³-hybridized carbons (Fsp3) is 0.778. The number of likely N-dealkylation sites (tertiary alicyclic amines) is 1. The molecule has 0 unspecified atom stereocenters. The number of carbonyl (C=O) groups is 1. The summed E-state index contributed by atoms with van der Waals surface area (Å²) in [5, 5.41) is 7.72. The van der Waals surface area contributed by atoms with Gasteiger partial charge in [0.05, 0.1) is 12.2 Å². The van der Waals surface area contributed by atoms with Gasteiger partial charge in [0.15, 0.2) is 0 Å². The quantitative estimate of drug-likeness (QED) is 0.906. The second-order valence-electron chi connectivity index (χ2n) is 7.77. The molecule has 0 radical (unpaired) electrons. The lowest BCUT2D eigenvalue weighted by Gasteiger charge is -2.26. The molecule has 0 aromatic carbocycles. The number of rotatable bonds is 2. The number of hydrogen-bond donors (Lipinski definition) is 1. The van der Waals surface area contributed by atoms with E-state index in [1.54, 1.807) is 0 Å². The number of aryl methyl sites for hydroxylation is 1. The maximum absolute atomic E-state index is 12.9. The predicted octanol–water partition coefficient (Wildman–Crippen LogP) is 3.01. The molecule has 4 rings (SSSR count). The Bertz CT molecular complexity index is 607. The van der Waals surface area contributed by atoms with Crippen LogP contribution in [0.3, 0.4) is 0 Å². The molecule has 1 aromatic rings. The summed E-state index contributed by atoms with van der Waals surface area (Å²) in [4.78, 5) is 17.4. The summed E-state index contributed by atoms with van der Waals surface area (Å²) in [6.45, 7) is 3.73. The van der Waals surface area contributed by atoms with Crippen molar-refractivity contribution in [3.8, 4) is 0 Å². The average Bonchev–Trinajstić information content (AvgIpc) is 3.23. The average molecular weight is 331 g/mol. The smallest absolute Gasteiger partial charge is 0.323 e. The monoisotopic (exact) mass is 331 g/mol. The Balaban J connectivity index is 1.47. The van der Waals surface area contributed by atoms with Gasteiger partial charge in [0, 0.05) is 30.7 Å². The third-order valence-corrected chi connectivity index (χ3v) is 6.31. The molecule has 6 heteroatoms. The van der Waals surface area contributed by atoms with Gasteiger partial charge in [0.1, 0.15) is 5.82 Å². The zero-order valence-electron chi connectivity index (χ0n) is 14.9. The van der Waals surface area contributed by atoms with Crippen LogP contribution >= 0.6 is 0 Å². The lowest BCUT2D eigenvalue weighted by atomic mass is 10.1. The maximum atomic E-state index is 12.9. The number of amides is 2. The topological polar surface area (TPSA) is 53.4 Å². The van der Waals surface area contributed by atoms with Gasteiger partial charge in [-0.15, -0.1) is 0 Å². The highest BCUT2D eigenvalue weighted by Crippen LogP contribution is 2.33. The van der Waals surface area contributed by atoms with Crippen LogP contribution in [-0.4, -0.2) is 57.8 Å². The van der Waals surface area contributed by atoms with Crippen molar-refractivity contribution in [2.24, 2.45) is 0 Å². The molecule has 2 atom stereocenters. The largest absolute Gasteiger partial charge is 0.323 e. The zero-order valence-corrected chi connectivity index (χ0v) is 14.9. The van der Waals surface area contributed by atoms with Crippen LogP contribution in [0, 0.1) is 6.92 Å². The summed E-state index contributed by atoms with van der Waals surface area (Å²) in [5.41, 5.74) is 1.06. The van der Waals surface area contributed by atoms with Crippen LogP contribution in [0.15, 0.2) is 6.20 Å². The molecule has 1 N–H and O–H groups in total. The second-order valence-corrected chi connectivity index (χ2v) is 7.77. The van der Waals surface area contributed by atoms with Crippen molar-refractivity contribution in [2.75, 3.05) is 25.5 Å². The van der Waals surface area contributed by atoms with Gasteiger partial charge in [-0.25, -0.2) is 9.48 Å². The number of nitrogens with zero attached hydrogens (tertiary/aromatic N) is 4. The molecule has 2 saturated heterocycles. The fourth-order valence-electron chi connectivity index (χ4n) is 4.70. The Morgan fingerprint density at radius 1 is 1.12 bits per heavy atom. The molecule has 132 valence electrons. The summed E-state index contributed by atoms with van der Waals surface area (Å²) >= 11 is 0. The third kappa shape index (κ3) is 2.81. The number of hydrogen-bond acceptors (Lipinski definition) is 3. The molecule has 3 fully saturated rings. The highest BCUT2D eigenvalue weighted by Gasteiger charge is 2.36. The molecular formula is C18H29N5O. The van der Waals surface area contributed by atoms with Gasteiger partial charge >= 0.3 is 6.03 Å². The molecule has 6 nitrogen and oxygen atoms in total. The van der Waals surface area contributed by atoms with Crippen molar-refractivity contribution in [1.82, 2.24) is 19.6 Å². The minimum Gasteiger partial charge on any atom is -0.323 e. The predicted molar refractivity (Wildman–Crippen MR) is 94.3 cm³/mol. The molecule has 2 bridgehead atoms. The second kappa shape index (κ2) is 6.39. The Morgan fingerprint density at radius 2 is 1.88 bits per heavy atom. The van der Waals surface area contributed by atoms with Crippen molar-refractivity contribution in [3.05, 3.63) is 11.8 Å². The maximum Gasteiger partial charge on any atom is 0.323 e. The minimum absolute atomic E-state index is 0.0406. The Kier molecular flexibility index (Phi) is 4.24. The normalized spacial score (nSPS) is 28.3. The van der Waals surface area contributed by atoms with E-state index >= 15 is 0 Å². The summed E-state index contributed by atoms with van der Waals surface area (Å²) in [7, 11) is 2.21. The number of nitrogens with one attached hydrogen (secondary N) is 1. The number of urea groups is 1. The lowest BCUT2D eigenvalue weighted by Crippen LogP contribution is -2.42. The molecule has 2 aliphatic heterocycles. The van der Waals surface area contributed by atoms with E-state index in [2.05, 4.69) is 27.0 Å². The van der Waals surface area contributed by atoms with E-state index in [1.165, 1.54) is 38.5 Å². The van der Waals surface area contributed by atoms with Crippen molar-refractivity contribution >= 4 is 11.8 Å². The molecule has 1 aromatic heterocycles. The van der Waals surface area contributed by atoms with E-state index in [9.17, 15) is 4.79 Å². The fourth-order valence-corrected chi connectivity index (χ4v) is 4.70. The summed E-state index contributed by atoms with van der Waals surface area (Å²) in [6.07, 6.45) is 10.3. The third-order valence-electron chi connectivity index (χ3n) is 6.31. The van der Waals surface area contributed by atoms with Crippen LogP contribution in [0.1, 0.15) is 56.6 Å². The van der Waals surface area contributed by atoms with Crippen LogP contribution in [0.2, 0.25) is 0 Å². The van der Waals surface area contributed by atoms with Crippen LogP contribution in [-0.2, 0) is 0 Å². The van der Waals surface area contributed by atoms with Crippen LogP contribution in [0.4, 0.5) is 10.6 Å². The number of likely N-dealkylation sites (N-methyl/N-ethyl adjacent to an activating group) is 1. The van der Waals surface area contributed by atoms with Gasteiger partial charge in [-0.05, 0) is 46.1 Å². The Labute approximate surface area is 144 Å². The van der Waals surface area contributed by atoms with Crippen LogP contribution in [0.5, 0.6) is 0 Å². The molecule has 3 heterocycles. The molecular weight excluding hydrogens is 302 g/mol. The van der Waals surface area contributed by atoms with E-state index in [4.69, 9.17) is 0 Å². The Morgan fingerprint density at radius 3 is 2.67 bits per heavy atom. The number of anilines is 1. The SMILES string of the molecule is Cc1cnn(C2CCCC2)c1NC(=O)N1CC[C@H]2CC[C@@H](C1)N2C. The van der Waals surface area contributed by atoms with Gasteiger partial charge in [0.2, 0.25) is 0 Å². The van der Waals surface area contributed by atoms with E-state index in [1.807, 2.05) is 18.0 Å². The van der Waals surface area contributed by atoms with Gasteiger partial charge in [-0.2, -0.15) is 5.10 Å². The molecule has 0 spiro atoms. The molecule has 1 aliphatic carbocycles. The first-order valence-corrected chi connectivity index (χ1v) is 9.45. The van der Waals surface area contributed by atoms with E-state index < -0.39 is 0 Å². The highest BCUT2D eigenvalue weighted by molar-refractivity contribution is 5.89. The standard InChI is InChI=1S/C18H29N5O/c1-13-11-19-23(15-5-3-4-6-15)17(13)20-18(24)22-10-9-14-7-8-16(12-22)21(14)2/h11,14-16H,3-10,12H2,1-2H3,(H,20,24)/t14-,16+/m1/s1. The van der Waals surface area contributed by atoms with Crippen molar-refractivity contribution in [1.29, 1.82) is 0 Å². The number of aromatic nitrogens is 2. The zero-order chi connectivity index (χ0) is 16.7. The highest BCUT2D eigenvalue weighted by atomic mass is 16.2. The molecule has 1 saturated carbocycles. The first-order valence-electron chi connectivity index (χ1n) is 9.45. The minimum atomic E-state index is 0.0406. The summed E-state index contributed by atoms with van der Waals surface area (Å²) < 4.78 is 2.05. The van der Waals surface area contributed by atoms with Crippen LogP contribution < -0.4 is 5.32 Å².